The lowest BCUT2D eigenvalue weighted by Crippen LogP contribution is -2.33. The summed E-state index contributed by atoms with van der Waals surface area (Å²) in [7, 11) is 0. The quantitative estimate of drug-likeness (QED) is 0.727. The molecule has 0 aliphatic heterocycles. The molecule has 4 nitrogen and oxygen atoms in total. The first-order chi connectivity index (χ1) is 8.17. The first kappa shape index (κ1) is 14.2. The van der Waals surface area contributed by atoms with Crippen molar-refractivity contribution in [1.29, 1.82) is 0 Å². The molecule has 0 bridgehead atoms. The number of aryl methyl sites for hydroxylation is 1. The van der Waals surface area contributed by atoms with Crippen LogP contribution in [0.4, 0.5) is 0 Å². The number of aliphatic hydroxyl groups excluding tert-OH is 1. The third-order valence-electron chi connectivity index (χ3n) is 2.81. The molecule has 1 unspecified atom stereocenters. The number of aromatic nitrogens is 2. The summed E-state index contributed by atoms with van der Waals surface area (Å²) < 4.78 is 2.16. The van der Waals surface area contributed by atoms with Crippen molar-refractivity contribution < 1.29 is 5.11 Å². The highest BCUT2D eigenvalue weighted by Crippen LogP contribution is 2.06. The molecular weight excluding hydrogens is 214 g/mol. The van der Waals surface area contributed by atoms with Gasteiger partial charge >= 0.3 is 0 Å². The Morgan fingerprint density at radius 2 is 2.24 bits per heavy atom. The molecule has 98 valence electrons. The van der Waals surface area contributed by atoms with E-state index < -0.39 is 0 Å². The lowest BCUT2D eigenvalue weighted by atomic mass is 10.0. The zero-order chi connectivity index (χ0) is 12.7. The number of hydrogen-bond donors (Lipinski definition) is 2. The summed E-state index contributed by atoms with van der Waals surface area (Å²) in [6.45, 7) is 8.48. The van der Waals surface area contributed by atoms with E-state index in [0.29, 0.717) is 5.92 Å². The van der Waals surface area contributed by atoms with Crippen molar-refractivity contribution in [1.82, 2.24) is 14.9 Å². The molecule has 0 aliphatic rings. The lowest BCUT2D eigenvalue weighted by molar-refractivity contribution is 0.222. The maximum atomic E-state index is 9.29. The van der Waals surface area contributed by atoms with Crippen molar-refractivity contribution in [2.75, 3.05) is 6.61 Å². The number of rotatable bonds is 8. The Kier molecular flexibility index (Phi) is 6.22. The summed E-state index contributed by atoms with van der Waals surface area (Å²) in [5.41, 5.74) is 1.19. The number of aliphatic hydroxyl groups is 1. The van der Waals surface area contributed by atoms with Crippen LogP contribution >= 0.6 is 0 Å². The predicted octanol–water partition coefficient (Wildman–Crippen LogP) is 1.79. The predicted molar refractivity (Wildman–Crippen MR) is 69.7 cm³/mol. The number of nitrogens with zero attached hydrogens (tertiary/aromatic N) is 2. The van der Waals surface area contributed by atoms with E-state index in [0.717, 1.165) is 25.9 Å². The highest BCUT2D eigenvalue weighted by atomic mass is 16.3. The van der Waals surface area contributed by atoms with E-state index in [1.54, 1.807) is 0 Å². The second kappa shape index (κ2) is 7.45. The first-order valence-electron chi connectivity index (χ1n) is 6.50. The van der Waals surface area contributed by atoms with Gasteiger partial charge in [0.15, 0.2) is 0 Å². The van der Waals surface area contributed by atoms with Crippen LogP contribution in [0.2, 0.25) is 0 Å². The molecule has 1 atom stereocenters. The number of nitrogens with one attached hydrogen (secondary N) is 1. The van der Waals surface area contributed by atoms with E-state index in [9.17, 15) is 5.11 Å². The monoisotopic (exact) mass is 239 g/mol. The summed E-state index contributed by atoms with van der Waals surface area (Å²) in [6.07, 6.45) is 5.88. The van der Waals surface area contributed by atoms with Crippen LogP contribution in [0, 0.1) is 5.92 Å². The molecule has 1 rings (SSSR count). The smallest absolute Gasteiger partial charge is 0.0948 e. The topological polar surface area (TPSA) is 50.1 Å². The van der Waals surface area contributed by atoms with E-state index in [4.69, 9.17) is 0 Å². The summed E-state index contributed by atoms with van der Waals surface area (Å²) in [5, 5.41) is 12.7. The van der Waals surface area contributed by atoms with Gasteiger partial charge in [0.2, 0.25) is 0 Å². The average Bonchev–Trinajstić information content (AvgIpc) is 2.72. The maximum absolute atomic E-state index is 9.29. The van der Waals surface area contributed by atoms with Crippen LogP contribution in [0.15, 0.2) is 12.5 Å². The van der Waals surface area contributed by atoms with E-state index >= 15 is 0 Å². The molecule has 1 heterocycles. The molecule has 0 radical (unpaired) electrons. The molecule has 2 N–H and O–H groups in total. The minimum Gasteiger partial charge on any atom is -0.395 e. The van der Waals surface area contributed by atoms with Gasteiger partial charge in [0, 0.05) is 25.3 Å². The van der Waals surface area contributed by atoms with Crippen molar-refractivity contribution in [3.8, 4) is 0 Å². The standard InChI is InChI=1S/C13H25N3O/c1-4-5-16-10-14-7-13(16)8-15-12(9-17)6-11(2)3/h7,10-12,15,17H,4-6,8-9H2,1-3H3. The van der Waals surface area contributed by atoms with Crippen LogP contribution in [0.3, 0.4) is 0 Å². The van der Waals surface area contributed by atoms with Gasteiger partial charge < -0.3 is 15.0 Å². The highest BCUT2D eigenvalue weighted by Gasteiger charge is 2.10. The maximum Gasteiger partial charge on any atom is 0.0948 e. The molecule has 0 aliphatic carbocycles. The van der Waals surface area contributed by atoms with E-state index in [2.05, 4.69) is 35.6 Å². The highest BCUT2D eigenvalue weighted by molar-refractivity contribution is 4.98. The van der Waals surface area contributed by atoms with Gasteiger partial charge in [0.1, 0.15) is 0 Å². The molecule has 1 aromatic heterocycles. The summed E-state index contributed by atoms with van der Waals surface area (Å²) in [6, 6.07) is 0.181. The fourth-order valence-corrected chi connectivity index (χ4v) is 1.98. The van der Waals surface area contributed by atoms with E-state index in [1.165, 1.54) is 5.69 Å². The minimum absolute atomic E-state index is 0.181. The Balaban J connectivity index is 2.44. The van der Waals surface area contributed by atoms with Gasteiger partial charge in [-0.05, 0) is 18.8 Å². The molecule has 0 fully saturated rings. The van der Waals surface area contributed by atoms with Crippen LogP contribution in [-0.2, 0) is 13.1 Å². The molecule has 0 saturated carbocycles. The van der Waals surface area contributed by atoms with Gasteiger partial charge in [-0.2, -0.15) is 0 Å². The van der Waals surface area contributed by atoms with Crippen molar-refractivity contribution in [2.24, 2.45) is 5.92 Å². The third kappa shape index (κ3) is 4.88. The summed E-state index contributed by atoms with van der Waals surface area (Å²) in [4.78, 5) is 4.17. The van der Waals surface area contributed by atoms with Crippen LogP contribution in [0.1, 0.15) is 39.3 Å². The van der Waals surface area contributed by atoms with Gasteiger partial charge in [-0.15, -0.1) is 0 Å². The van der Waals surface area contributed by atoms with Crippen molar-refractivity contribution in [2.45, 2.75) is 52.7 Å². The Morgan fingerprint density at radius 3 is 2.82 bits per heavy atom. The van der Waals surface area contributed by atoms with Crippen molar-refractivity contribution >= 4 is 0 Å². The van der Waals surface area contributed by atoms with Gasteiger partial charge in [-0.1, -0.05) is 20.8 Å². The molecular formula is C13H25N3O. The SMILES string of the molecule is CCCn1cncc1CNC(CO)CC(C)C. The van der Waals surface area contributed by atoms with E-state index in [-0.39, 0.29) is 12.6 Å². The number of imidazole rings is 1. The molecule has 17 heavy (non-hydrogen) atoms. The Labute approximate surface area is 104 Å². The lowest BCUT2D eigenvalue weighted by Gasteiger charge is -2.18. The second-order valence-electron chi connectivity index (χ2n) is 4.97. The van der Waals surface area contributed by atoms with E-state index in [1.807, 2.05) is 12.5 Å². The van der Waals surface area contributed by atoms with Crippen LogP contribution in [0.5, 0.6) is 0 Å². The van der Waals surface area contributed by atoms with Crippen molar-refractivity contribution in [3.63, 3.8) is 0 Å². The van der Waals surface area contributed by atoms with Gasteiger partial charge in [0.25, 0.3) is 0 Å². The molecule has 0 amide bonds. The van der Waals surface area contributed by atoms with Crippen LogP contribution in [0.25, 0.3) is 0 Å². The summed E-state index contributed by atoms with van der Waals surface area (Å²) >= 11 is 0. The Hall–Kier alpha value is -0.870. The summed E-state index contributed by atoms with van der Waals surface area (Å²) in [5.74, 6) is 0.597. The normalized spacial score (nSPS) is 13.2. The largest absolute Gasteiger partial charge is 0.395 e. The fraction of sp³-hybridized carbons (Fsp3) is 0.769. The van der Waals surface area contributed by atoms with Gasteiger partial charge in [0.05, 0.1) is 18.6 Å². The molecule has 1 aromatic rings. The number of hydrogen-bond acceptors (Lipinski definition) is 3. The second-order valence-corrected chi connectivity index (χ2v) is 4.97. The molecule has 0 saturated heterocycles. The molecule has 0 spiro atoms. The average molecular weight is 239 g/mol. The zero-order valence-electron chi connectivity index (χ0n) is 11.2. The van der Waals surface area contributed by atoms with Crippen LogP contribution < -0.4 is 5.32 Å². The fourth-order valence-electron chi connectivity index (χ4n) is 1.98. The zero-order valence-corrected chi connectivity index (χ0v) is 11.2. The van der Waals surface area contributed by atoms with Gasteiger partial charge in [-0.25, -0.2) is 4.98 Å². The van der Waals surface area contributed by atoms with Crippen molar-refractivity contribution in [3.05, 3.63) is 18.2 Å². The Bertz CT molecular complexity index is 309. The Morgan fingerprint density at radius 1 is 1.47 bits per heavy atom. The molecule has 4 heteroatoms. The third-order valence-corrected chi connectivity index (χ3v) is 2.81. The minimum atomic E-state index is 0.181. The van der Waals surface area contributed by atoms with Gasteiger partial charge in [-0.3, -0.25) is 0 Å². The van der Waals surface area contributed by atoms with Crippen LogP contribution in [-0.4, -0.2) is 27.3 Å². The molecule has 0 aromatic carbocycles. The first-order valence-corrected chi connectivity index (χ1v) is 6.50.